The van der Waals surface area contributed by atoms with Crippen molar-refractivity contribution in [1.82, 2.24) is 0 Å². The van der Waals surface area contributed by atoms with Gasteiger partial charge in [0.05, 0.1) is 5.54 Å². The number of para-hydroxylation sites is 1. The zero-order valence-electron chi connectivity index (χ0n) is 21.3. The van der Waals surface area contributed by atoms with Crippen LogP contribution in [0.2, 0.25) is 0 Å². The molecule has 0 amide bonds. The highest BCUT2D eigenvalue weighted by Crippen LogP contribution is 2.60. The van der Waals surface area contributed by atoms with Crippen molar-refractivity contribution in [3.05, 3.63) is 109 Å². The average molecular weight is 468 g/mol. The molecule has 5 aromatic carbocycles. The Morgan fingerprint density at radius 1 is 0.611 bits per heavy atom. The molecule has 2 aliphatic rings. The minimum atomic E-state index is 0.0621. The van der Waals surface area contributed by atoms with Gasteiger partial charge in [-0.25, -0.2) is 0 Å². The Balaban J connectivity index is 1.52. The second-order valence-electron chi connectivity index (χ2n) is 11.3. The summed E-state index contributed by atoms with van der Waals surface area (Å²) >= 11 is 0. The first-order valence-electron chi connectivity index (χ1n) is 13.5. The number of rotatable bonds is 2. The van der Waals surface area contributed by atoms with Crippen LogP contribution in [0.5, 0.6) is 0 Å². The molecule has 1 aliphatic heterocycles. The molecule has 0 saturated heterocycles. The van der Waals surface area contributed by atoms with Crippen molar-refractivity contribution in [2.45, 2.75) is 56.9 Å². The molecule has 2 atom stereocenters. The third-order valence-corrected chi connectivity index (χ3v) is 9.43. The van der Waals surface area contributed by atoms with E-state index in [1.807, 2.05) is 0 Å². The molecule has 1 nitrogen and oxygen atoms in total. The minimum absolute atomic E-state index is 0.0621. The quantitative estimate of drug-likeness (QED) is 0.234. The summed E-state index contributed by atoms with van der Waals surface area (Å²) in [5.41, 5.74) is 7.09. The van der Waals surface area contributed by atoms with Crippen LogP contribution < -0.4 is 4.90 Å². The molecule has 0 bridgehead atoms. The largest absolute Gasteiger partial charge is 0.334 e. The van der Waals surface area contributed by atoms with Crippen LogP contribution in [0.3, 0.4) is 0 Å². The molecular formula is C35H33N. The second-order valence-corrected chi connectivity index (χ2v) is 11.3. The summed E-state index contributed by atoms with van der Waals surface area (Å²) < 4.78 is 0. The number of anilines is 2. The van der Waals surface area contributed by atoms with E-state index in [1.165, 1.54) is 81.7 Å². The van der Waals surface area contributed by atoms with Gasteiger partial charge < -0.3 is 4.90 Å². The molecule has 2 unspecified atom stereocenters. The van der Waals surface area contributed by atoms with Gasteiger partial charge in [0.25, 0.3) is 0 Å². The number of benzene rings is 5. The molecule has 1 saturated carbocycles. The third-order valence-electron chi connectivity index (χ3n) is 9.43. The standard InChI is InChI=1S/C35H33N/c1-34-21-11-4-12-22-35(34,2)36(28-15-5-3-6-16-28)32-20-19-27(24-31(32)34)33-29-17-9-7-13-25(29)23-26-14-8-10-18-30(26)33/h3,5-10,13-20,23-24H,4,11-12,21-22H2,1-2H3. The van der Waals surface area contributed by atoms with Crippen LogP contribution in [0.1, 0.15) is 51.5 Å². The first-order valence-corrected chi connectivity index (χ1v) is 13.5. The van der Waals surface area contributed by atoms with Gasteiger partial charge in [-0.2, -0.15) is 0 Å². The molecular weight excluding hydrogens is 434 g/mol. The van der Waals surface area contributed by atoms with E-state index in [-0.39, 0.29) is 11.0 Å². The van der Waals surface area contributed by atoms with Crippen molar-refractivity contribution in [3.8, 4) is 11.1 Å². The van der Waals surface area contributed by atoms with Crippen LogP contribution >= 0.6 is 0 Å². The zero-order chi connectivity index (χ0) is 24.3. The molecule has 1 fully saturated rings. The van der Waals surface area contributed by atoms with Crippen LogP contribution in [-0.4, -0.2) is 5.54 Å². The SMILES string of the molecule is CC12CCCCCC1(C)N(c1ccccc1)c1ccc(-c3c4ccccc4cc4ccccc34)cc12. The van der Waals surface area contributed by atoms with Crippen molar-refractivity contribution in [3.63, 3.8) is 0 Å². The fourth-order valence-corrected chi connectivity index (χ4v) is 7.37. The summed E-state index contributed by atoms with van der Waals surface area (Å²) in [6, 6.07) is 38.5. The van der Waals surface area contributed by atoms with E-state index in [4.69, 9.17) is 0 Å². The van der Waals surface area contributed by atoms with E-state index in [9.17, 15) is 0 Å². The van der Waals surface area contributed by atoms with Gasteiger partial charge in [0, 0.05) is 16.8 Å². The van der Waals surface area contributed by atoms with Crippen LogP contribution in [-0.2, 0) is 5.41 Å². The van der Waals surface area contributed by atoms with Crippen LogP contribution in [0.4, 0.5) is 11.4 Å². The van der Waals surface area contributed by atoms with Crippen molar-refractivity contribution in [1.29, 1.82) is 0 Å². The van der Waals surface area contributed by atoms with Crippen molar-refractivity contribution in [2.75, 3.05) is 4.90 Å². The minimum Gasteiger partial charge on any atom is -0.334 e. The summed E-state index contributed by atoms with van der Waals surface area (Å²) in [6.07, 6.45) is 6.38. The highest BCUT2D eigenvalue weighted by Gasteiger charge is 2.56. The Morgan fingerprint density at radius 3 is 1.97 bits per heavy atom. The summed E-state index contributed by atoms with van der Waals surface area (Å²) in [5, 5.41) is 5.29. The maximum Gasteiger partial charge on any atom is 0.0517 e. The van der Waals surface area contributed by atoms with E-state index in [2.05, 4.69) is 122 Å². The summed E-state index contributed by atoms with van der Waals surface area (Å²) in [5.74, 6) is 0. The number of nitrogens with zero attached hydrogens (tertiary/aromatic N) is 1. The average Bonchev–Trinajstić information content (AvgIpc) is 2.99. The maximum absolute atomic E-state index is 2.68. The zero-order valence-corrected chi connectivity index (χ0v) is 21.3. The summed E-state index contributed by atoms with van der Waals surface area (Å²) in [4.78, 5) is 2.68. The highest BCUT2D eigenvalue weighted by molar-refractivity contribution is 6.12. The van der Waals surface area contributed by atoms with Crippen LogP contribution in [0, 0.1) is 0 Å². The van der Waals surface area contributed by atoms with Crippen molar-refractivity contribution >= 4 is 32.9 Å². The normalized spacial score (nSPS) is 23.4. The van der Waals surface area contributed by atoms with Gasteiger partial charge in [-0.1, -0.05) is 99.0 Å². The topological polar surface area (TPSA) is 3.24 Å². The lowest BCUT2D eigenvalue weighted by Gasteiger charge is -2.46. The van der Waals surface area contributed by atoms with Gasteiger partial charge in [0.1, 0.15) is 0 Å². The lowest BCUT2D eigenvalue weighted by Crippen LogP contribution is -2.52. The fraction of sp³-hybridized carbons (Fsp3) is 0.257. The lowest BCUT2D eigenvalue weighted by molar-refractivity contribution is 0.261. The van der Waals surface area contributed by atoms with Gasteiger partial charge in [0.2, 0.25) is 0 Å². The first kappa shape index (κ1) is 21.7. The van der Waals surface area contributed by atoms with E-state index >= 15 is 0 Å². The molecule has 0 spiro atoms. The van der Waals surface area contributed by atoms with E-state index in [1.54, 1.807) is 0 Å². The summed E-state index contributed by atoms with van der Waals surface area (Å²) in [6.45, 7) is 5.07. The van der Waals surface area contributed by atoms with E-state index in [0.717, 1.165) is 0 Å². The predicted octanol–water partition coefficient (Wildman–Crippen LogP) is 9.79. The molecule has 1 heteroatoms. The van der Waals surface area contributed by atoms with Gasteiger partial charge in [-0.15, -0.1) is 0 Å². The third kappa shape index (κ3) is 2.95. The van der Waals surface area contributed by atoms with Gasteiger partial charge in [-0.3, -0.25) is 0 Å². The first-order chi connectivity index (χ1) is 17.6. The Bertz CT molecular complexity index is 1550. The molecule has 0 radical (unpaired) electrons. The van der Waals surface area contributed by atoms with Crippen LogP contribution in [0.25, 0.3) is 32.7 Å². The smallest absolute Gasteiger partial charge is 0.0517 e. The molecule has 178 valence electrons. The maximum atomic E-state index is 2.68. The van der Waals surface area contributed by atoms with Gasteiger partial charge in [0.15, 0.2) is 0 Å². The van der Waals surface area contributed by atoms with Gasteiger partial charge >= 0.3 is 0 Å². The van der Waals surface area contributed by atoms with E-state index < -0.39 is 0 Å². The Morgan fingerprint density at radius 2 is 1.25 bits per heavy atom. The fourth-order valence-electron chi connectivity index (χ4n) is 7.37. The molecule has 36 heavy (non-hydrogen) atoms. The molecule has 0 N–H and O–H groups in total. The van der Waals surface area contributed by atoms with Crippen molar-refractivity contribution < 1.29 is 0 Å². The number of fused-ring (bicyclic) bond motifs is 5. The number of hydrogen-bond acceptors (Lipinski definition) is 1. The van der Waals surface area contributed by atoms with Gasteiger partial charge in [-0.05, 0) is 88.3 Å². The summed E-state index contributed by atoms with van der Waals surface area (Å²) in [7, 11) is 0. The Kier molecular flexibility index (Phi) is 4.80. The molecule has 7 rings (SSSR count). The monoisotopic (exact) mass is 467 g/mol. The lowest BCUT2D eigenvalue weighted by atomic mass is 9.66. The highest BCUT2D eigenvalue weighted by atomic mass is 15.2. The molecule has 5 aromatic rings. The van der Waals surface area contributed by atoms with E-state index in [0.29, 0.717) is 0 Å². The second kappa shape index (κ2) is 7.96. The van der Waals surface area contributed by atoms with Crippen molar-refractivity contribution in [2.24, 2.45) is 0 Å². The Hall–Kier alpha value is -3.58. The molecule has 0 aromatic heterocycles. The molecule has 1 heterocycles. The number of hydrogen-bond donors (Lipinski definition) is 0. The Labute approximate surface area is 214 Å². The predicted molar refractivity (Wildman–Crippen MR) is 154 cm³/mol. The molecule has 1 aliphatic carbocycles. The van der Waals surface area contributed by atoms with Crippen LogP contribution in [0.15, 0.2) is 103 Å².